The van der Waals surface area contributed by atoms with Crippen molar-refractivity contribution in [3.05, 3.63) is 46.0 Å². The Morgan fingerprint density at radius 1 is 1.35 bits per heavy atom. The first kappa shape index (κ1) is 13.4. The van der Waals surface area contributed by atoms with Crippen LogP contribution in [0.25, 0.3) is 0 Å². The van der Waals surface area contributed by atoms with E-state index in [1.807, 2.05) is 6.07 Å². The van der Waals surface area contributed by atoms with E-state index in [0.717, 1.165) is 18.4 Å². The largest absolute Gasteiger partial charge is 0.329 e. The number of halogens is 2. The molecule has 0 saturated heterocycles. The van der Waals surface area contributed by atoms with Crippen LogP contribution in [0, 0.1) is 0 Å². The van der Waals surface area contributed by atoms with Crippen molar-refractivity contribution in [2.45, 2.75) is 25.4 Å². The molecule has 0 bridgehead atoms. The van der Waals surface area contributed by atoms with Crippen molar-refractivity contribution in [3.8, 4) is 0 Å². The number of H-pyrrole nitrogens is 1. The van der Waals surface area contributed by atoms with Gasteiger partial charge in [-0.15, -0.1) is 0 Å². The first-order chi connectivity index (χ1) is 9.65. The van der Waals surface area contributed by atoms with Crippen LogP contribution in [-0.4, -0.2) is 32.0 Å². The maximum Gasteiger partial charge on any atom is 0.291 e. The van der Waals surface area contributed by atoms with Crippen molar-refractivity contribution in [2.75, 3.05) is 0 Å². The number of rotatable bonds is 4. The van der Waals surface area contributed by atoms with Gasteiger partial charge in [0.25, 0.3) is 5.91 Å². The van der Waals surface area contributed by atoms with Gasteiger partial charge < -0.3 is 4.90 Å². The highest BCUT2D eigenvalue weighted by Gasteiger charge is 2.34. The minimum Gasteiger partial charge on any atom is -0.329 e. The number of benzene rings is 1. The van der Waals surface area contributed by atoms with Gasteiger partial charge in [-0.2, -0.15) is 5.10 Å². The second kappa shape index (κ2) is 5.42. The summed E-state index contributed by atoms with van der Waals surface area (Å²) in [5.41, 5.74) is 0.944. The van der Waals surface area contributed by atoms with E-state index < -0.39 is 0 Å². The molecule has 0 unspecified atom stereocenters. The van der Waals surface area contributed by atoms with Crippen LogP contribution in [0.3, 0.4) is 0 Å². The molecule has 1 aliphatic rings. The lowest BCUT2D eigenvalue weighted by Crippen LogP contribution is -2.33. The number of hydrogen-bond acceptors (Lipinski definition) is 3. The number of aromatic nitrogens is 3. The summed E-state index contributed by atoms with van der Waals surface area (Å²) in [6.45, 7) is 0.487. The molecular weight excluding hydrogens is 299 g/mol. The van der Waals surface area contributed by atoms with Crippen LogP contribution in [0.5, 0.6) is 0 Å². The lowest BCUT2D eigenvalue weighted by atomic mass is 10.2. The first-order valence-corrected chi connectivity index (χ1v) is 7.01. The van der Waals surface area contributed by atoms with Crippen molar-refractivity contribution in [3.63, 3.8) is 0 Å². The Hall–Kier alpha value is -1.59. The van der Waals surface area contributed by atoms with Crippen LogP contribution >= 0.6 is 23.2 Å². The number of carbonyl (C=O) groups is 1. The van der Waals surface area contributed by atoms with E-state index in [1.165, 1.54) is 6.33 Å². The van der Waals surface area contributed by atoms with Crippen molar-refractivity contribution in [2.24, 2.45) is 0 Å². The molecule has 1 aliphatic carbocycles. The lowest BCUT2D eigenvalue weighted by molar-refractivity contribution is 0.0718. The third-order valence-electron chi connectivity index (χ3n) is 3.20. The van der Waals surface area contributed by atoms with E-state index in [0.29, 0.717) is 16.6 Å². The Kier molecular flexibility index (Phi) is 3.63. The van der Waals surface area contributed by atoms with Crippen molar-refractivity contribution in [1.82, 2.24) is 20.1 Å². The molecule has 1 saturated carbocycles. The summed E-state index contributed by atoms with van der Waals surface area (Å²) < 4.78 is 0. The molecule has 1 aromatic carbocycles. The molecule has 3 rings (SSSR count). The highest BCUT2D eigenvalue weighted by Crippen LogP contribution is 2.30. The Labute approximate surface area is 125 Å². The minimum absolute atomic E-state index is 0.143. The van der Waals surface area contributed by atoms with E-state index in [2.05, 4.69) is 15.2 Å². The number of amides is 1. The average Bonchev–Trinajstić information content (AvgIpc) is 3.13. The molecule has 5 nitrogen and oxygen atoms in total. The van der Waals surface area contributed by atoms with Crippen LogP contribution in [0.4, 0.5) is 0 Å². The second-order valence-corrected chi connectivity index (χ2v) is 5.56. The Balaban J connectivity index is 1.81. The van der Waals surface area contributed by atoms with Gasteiger partial charge in [-0.3, -0.25) is 9.89 Å². The maximum atomic E-state index is 12.4. The van der Waals surface area contributed by atoms with Crippen LogP contribution in [-0.2, 0) is 6.54 Å². The van der Waals surface area contributed by atoms with Gasteiger partial charge in [0.15, 0.2) is 0 Å². The summed E-state index contributed by atoms with van der Waals surface area (Å²) in [6.07, 6.45) is 3.36. The second-order valence-electron chi connectivity index (χ2n) is 4.75. The highest BCUT2D eigenvalue weighted by molar-refractivity contribution is 6.42. The van der Waals surface area contributed by atoms with Crippen molar-refractivity contribution < 1.29 is 4.79 Å². The molecule has 1 amide bonds. The molecule has 0 aliphatic heterocycles. The molecule has 1 N–H and O–H groups in total. The van der Waals surface area contributed by atoms with E-state index in [1.54, 1.807) is 17.0 Å². The zero-order valence-corrected chi connectivity index (χ0v) is 12.0. The predicted octanol–water partition coefficient (Wildman–Crippen LogP) is 2.92. The molecule has 1 aromatic heterocycles. The van der Waals surface area contributed by atoms with Gasteiger partial charge in [0.2, 0.25) is 5.82 Å². The molecular formula is C13H12Cl2N4O. The zero-order valence-electron chi connectivity index (χ0n) is 10.5. The number of nitrogens with one attached hydrogen (secondary N) is 1. The highest BCUT2D eigenvalue weighted by atomic mass is 35.5. The number of aromatic amines is 1. The normalized spacial score (nSPS) is 14.3. The van der Waals surface area contributed by atoms with E-state index >= 15 is 0 Å². The number of nitrogens with zero attached hydrogens (tertiary/aromatic N) is 3. The summed E-state index contributed by atoms with van der Waals surface area (Å²) in [7, 11) is 0. The van der Waals surface area contributed by atoms with Crippen LogP contribution in [0.1, 0.15) is 29.0 Å². The monoisotopic (exact) mass is 310 g/mol. The van der Waals surface area contributed by atoms with E-state index in [-0.39, 0.29) is 17.8 Å². The summed E-state index contributed by atoms with van der Waals surface area (Å²) >= 11 is 11.9. The molecule has 2 aromatic rings. The Morgan fingerprint density at radius 2 is 2.15 bits per heavy atom. The molecule has 104 valence electrons. The standard InChI is InChI=1S/C13H12Cl2N4O/c14-10-4-1-8(5-11(10)15)6-19(9-2-3-9)13(20)12-16-7-17-18-12/h1,4-5,7,9H,2-3,6H2,(H,16,17,18). The Bertz CT molecular complexity index is 625. The van der Waals surface area contributed by atoms with Gasteiger partial charge in [0.05, 0.1) is 10.0 Å². The SMILES string of the molecule is O=C(c1ncn[nH]1)N(Cc1ccc(Cl)c(Cl)c1)C1CC1. The third-order valence-corrected chi connectivity index (χ3v) is 3.94. The Morgan fingerprint density at radius 3 is 2.75 bits per heavy atom. The molecule has 1 heterocycles. The quantitative estimate of drug-likeness (QED) is 0.944. The van der Waals surface area contributed by atoms with Gasteiger partial charge in [-0.05, 0) is 30.5 Å². The van der Waals surface area contributed by atoms with Gasteiger partial charge in [0, 0.05) is 12.6 Å². The molecule has 0 radical (unpaired) electrons. The summed E-state index contributed by atoms with van der Waals surface area (Å²) in [5.74, 6) is 0.119. The molecule has 0 spiro atoms. The van der Waals surface area contributed by atoms with Crippen molar-refractivity contribution >= 4 is 29.1 Å². The van der Waals surface area contributed by atoms with Crippen LogP contribution in [0.2, 0.25) is 10.0 Å². The van der Waals surface area contributed by atoms with Crippen LogP contribution < -0.4 is 0 Å². The van der Waals surface area contributed by atoms with Gasteiger partial charge in [0.1, 0.15) is 6.33 Å². The molecule has 7 heteroatoms. The summed E-state index contributed by atoms with van der Waals surface area (Å²) in [4.78, 5) is 18.1. The summed E-state index contributed by atoms with van der Waals surface area (Å²) in [6, 6.07) is 5.66. The molecule has 20 heavy (non-hydrogen) atoms. The van der Waals surface area contributed by atoms with Crippen molar-refractivity contribution in [1.29, 1.82) is 0 Å². The fourth-order valence-electron chi connectivity index (χ4n) is 2.03. The summed E-state index contributed by atoms with van der Waals surface area (Å²) in [5, 5.41) is 7.32. The van der Waals surface area contributed by atoms with E-state index in [4.69, 9.17) is 23.2 Å². The lowest BCUT2D eigenvalue weighted by Gasteiger charge is -2.21. The molecule has 0 atom stereocenters. The fraction of sp³-hybridized carbons (Fsp3) is 0.308. The fourth-order valence-corrected chi connectivity index (χ4v) is 2.35. The minimum atomic E-state index is -0.143. The average molecular weight is 311 g/mol. The topological polar surface area (TPSA) is 61.9 Å². The smallest absolute Gasteiger partial charge is 0.291 e. The third kappa shape index (κ3) is 2.78. The number of hydrogen-bond donors (Lipinski definition) is 1. The van der Waals surface area contributed by atoms with E-state index in [9.17, 15) is 4.79 Å². The predicted molar refractivity (Wildman–Crippen MR) is 75.7 cm³/mol. The van der Waals surface area contributed by atoms with Gasteiger partial charge >= 0.3 is 0 Å². The van der Waals surface area contributed by atoms with Gasteiger partial charge in [-0.25, -0.2) is 4.98 Å². The van der Waals surface area contributed by atoms with Crippen LogP contribution in [0.15, 0.2) is 24.5 Å². The first-order valence-electron chi connectivity index (χ1n) is 6.25. The van der Waals surface area contributed by atoms with Gasteiger partial charge in [-0.1, -0.05) is 29.3 Å². The zero-order chi connectivity index (χ0) is 14.1. The number of carbonyl (C=O) groups excluding carboxylic acids is 1. The molecule has 1 fully saturated rings. The maximum absolute atomic E-state index is 12.4.